The van der Waals surface area contributed by atoms with Crippen LogP contribution in [-0.2, 0) is 16.6 Å². The molecule has 2 aromatic rings. The van der Waals surface area contributed by atoms with Gasteiger partial charge in [-0.1, -0.05) is 12.1 Å². The first-order valence-corrected chi connectivity index (χ1v) is 8.62. The number of amides is 1. The van der Waals surface area contributed by atoms with E-state index in [0.29, 0.717) is 12.5 Å². The van der Waals surface area contributed by atoms with E-state index < -0.39 is 6.10 Å². The Morgan fingerprint density at radius 2 is 2.26 bits per heavy atom. The highest BCUT2D eigenvalue weighted by Crippen LogP contribution is 2.32. The maximum atomic E-state index is 12.3. The molecule has 5 nitrogen and oxygen atoms in total. The third-order valence-corrected chi connectivity index (χ3v) is 4.92. The molecule has 0 radical (unpaired) electrons. The van der Waals surface area contributed by atoms with E-state index in [1.165, 1.54) is 24.6 Å². The molecule has 0 saturated heterocycles. The third kappa shape index (κ3) is 4.36. The number of rotatable bonds is 7. The minimum Gasteiger partial charge on any atom is -0.368 e. The maximum Gasteiger partial charge on any atom is 0.253 e. The fourth-order valence-corrected chi connectivity index (χ4v) is 2.97. The minimum atomic E-state index is -0.443. The van der Waals surface area contributed by atoms with Crippen LogP contribution < -0.4 is 5.32 Å². The predicted molar refractivity (Wildman–Crippen MR) is 90.5 cm³/mol. The Balaban J connectivity index is 1.64. The van der Waals surface area contributed by atoms with Crippen LogP contribution in [0.25, 0.3) is 0 Å². The van der Waals surface area contributed by atoms with Gasteiger partial charge in [-0.15, -0.1) is 0 Å². The number of imidazole rings is 1. The Morgan fingerprint density at radius 1 is 1.48 bits per heavy atom. The molecule has 3 rings (SSSR count). The van der Waals surface area contributed by atoms with Crippen molar-refractivity contribution in [2.75, 3.05) is 11.9 Å². The van der Waals surface area contributed by atoms with E-state index in [4.69, 9.17) is 4.74 Å². The summed E-state index contributed by atoms with van der Waals surface area (Å²) in [6, 6.07) is 7.74. The van der Waals surface area contributed by atoms with Gasteiger partial charge in [0.05, 0.1) is 12.3 Å². The van der Waals surface area contributed by atoms with Crippen molar-refractivity contribution >= 4 is 23.4 Å². The first kappa shape index (κ1) is 16.1. The topological polar surface area (TPSA) is 56.1 Å². The molecule has 23 heavy (non-hydrogen) atoms. The summed E-state index contributed by atoms with van der Waals surface area (Å²) in [5.41, 5.74) is 0.785. The zero-order chi connectivity index (χ0) is 16.2. The first-order chi connectivity index (χ1) is 11.1. The predicted octanol–water partition coefficient (Wildman–Crippen LogP) is 3.32. The van der Waals surface area contributed by atoms with E-state index in [0.717, 1.165) is 15.7 Å². The van der Waals surface area contributed by atoms with Gasteiger partial charge in [0.1, 0.15) is 6.10 Å². The second kappa shape index (κ2) is 7.19. The summed E-state index contributed by atoms with van der Waals surface area (Å²) in [4.78, 5) is 17.6. The molecule has 1 heterocycles. The fourth-order valence-electron chi connectivity index (χ4n) is 2.08. The molecule has 0 unspecified atom stereocenters. The number of carbonyl (C=O) groups excluding carboxylic acids is 1. The lowest BCUT2D eigenvalue weighted by Crippen LogP contribution is -2.28. The van der Waals surface area contributed by atoms with Gasteiger partial charge in [0.2, 0.25) is 0 Å². The third-order valence-electron chi connectivity index (χ3n) is 3.77. The highest BCUT2D eigenvalue weighted by atomic mass is 32.2. The minimum absolute atomic E-state index is 0.112. The lowest BCUT2D eigenvalue weighted by Gasteiger charge is -2.15. The summed E-state index contributed by atoms with van der Waals surface area (Å²) in [6.45, 7) is 2.48. The number of nitrogens with one attached hydrogen (secondary N) is 1. The SMILES string of the molecule is C[C@@H](OCC1CC1)C(=O)Nc1ccccc1Sc1nccn1C. The Hall–Kier alpha value is -1.79. The molecule has 1 aliphatic carbocycles. The Labute approximate surface area is 140 Å². The van der Waals surface area contributed by atoms with Crippen molar-refractivity contribution in [3.05, 3.63) is 36.7 Å². The number of nitrogens with zero attached hydrogens (tertiary/aromatic N) is 2. The summed E-state index contributed by atoms with van der Waals surface area (Å²) in [5, 5.41) is 3.84. The Morgan fingerprint density at radius 3 is 2.96 bits per heavy atom. The highest BCUT2D eigenvalue weighted by Gasteiger charge is 2.24. The van der Waals surface area contributed by atoms with E-state index in [1.54, 1.807) is 13.1 Å². The van der Waals surface area contributed by atoms with Crippen molar-refractivity contribution in [3.8, 4) is 0 Å². The van der Waals surface area contributed by atoms with Crippen molar-refractivity contribution in [1.29, 1.82) is 0 Å². The van der Waals surface area contributed by atoms with Gasteiger partial charge in [0, 0.05) is 24.3 Å². The van der Waals surface area contributed by atoms with E-state index in [1.807, 2.05) is 42.1 Å². The Kier molecular flexibility index (Phi) is 5.03. The van der Waals surface area contributed by atoms with Crippen LogP contribution >= 0.6 is 11.8 Å². The van der Waals surface area contributed by atoms with Crippen molar-refractivity contribution < 1.29 is 9.53 Å². The number of para-hydroxylation sites is 1. The molecular weight excluding hydrogens is 310 g/mol. The summed E-state index contributed by atoms with van der Waals surface area (Å²) in [6.07, 6.45) is 5.66. The molecule has 1 aliphatic rings. The van der Waals surface area contributed by atoms with Crippen molar-refractivity contribution in [1.82, 2.24) is 9.55 Å². The molecule has 6 heteroatoms. The van der Waals surface area contributed by atoms with Gasteiger partial charge in [0.15, 0.2) is 5.16 Å². The molecule has 1 fully saturated rings. The zero-order valence-corrected chi connectivity index (χ0v) is 14.2. The molecular formula is C17H21N3O2S. The number of anilines is 1. The molecule has 0 spiro atoms. The van der Waals surface area contributed by atoms with Crippen molar-refractivity contribution in [3.63, 3.8) is 0 Å². The molecule has 0 aliphatic heterocycles. The van der Waals surface area contributed by atoms with E-state index >= 15 is 0 Å². The summed E-state index contributed by atoms with van der Waals surface area (Å²) in [7, 11) is 1.95. The Bertz CT molecular complexity index is 682. The normalized spacial score (nSPS) is 15.4. The average Bonchev–Trinajstić information content (AvgIpc) is 3.29. The number of ether oxygens (including phenoxy) is 1. The average molecular weight is 331 g/mol. The second-order valence-corrected chi connectivity index (χ2v) is 6.84. The fraction of sp³-hybridized carbons (Fsp3) is 0.412. The molecule has 0 bridgehead atoms. The quantitative estimate of drug-likeness (QED) is 0.845. The van der Waals surface area contributed by atoms with Crippen molar-refractivity contribution in [2.24, 2.45) is 13.0 Å². The summed E-state index contributed by atoms with van der Waals surface area (Å²) in [5.74, 6) is 0.537. The van der Waals surface area contributed by atoms with Crippen LogP contribution in [0.3, 0.4) is 0 Å². The van der Waals surface area contributed by atoms with Crippen LogP contribution in [0.5, 0.6) is 0 Å². The smallest absolute Gasteiger partial charge is 0.253 e. The number of aromatic nitrogens is 2. The molecule has 1 aromatic heterocycles. The summed E-state index contributed by atoms with van der Waals surface area (Å²) >= 11 is 1.53. The second-order valence-electron chi connectivity index (χ2n) is 5.83. The lowest BCUT2D eigenvalue weighted by molar-refractivity contribution is -0.126. The lowest BCUT2D eigenvalue weighted by atomic mass is 10.3. The van der Waals surface area contributed by atoms with E-state index in [9.17, 15) is 4.79 Å². The van der Waals surface area contributed by atoms with Crippen LogP contribution in [0.4, 0.5) is 5.69 Å². The van der Waals surface area contributed by atoms with Crippen LogP contribution in [0, 0.1) is 5.92 Å². The van der Waals surface area contributed by atoms with Gasteiger partial charge in [-0.2, -0.15) is 0 Å². The largest absolute Gasteiger partial charge is 0.368 e. The number of hydrogen-bond donors (Lipinski definition) is 1. The van der Waals surface area contributed by atoms with Gasteiger partial charge in [0.25, 0.3) is 5.91 Å². The molecule has 1 atom stereocenters. The monoisotopic (exact) mass is 331 g/mol. The standard InChI is InChI=1S/C17H21N3O2S/c1-12(22-11-13-7-8-13)16(21)19-14-5-3-4-6-15(14)23-17-18-9-10-20(17)2/h3-6,9-10,12-13H,7-8,11H2,1-2H3,(H,19,21)/t12-/m1/s1. The van der Waals surface area contributed by atoms with Gasteiger partial charge in [-0.25, -0.2) is 4.98 Å². The van der Waals surface area contributed by atoms with Crippen LogP contribution in [0.2, 0.25) is 0 Å². The van der Waals surface area contributed by atoms with Crippen LogP contribution in [0.1, 0.15) is 19.8 Å². The van der Waals surface area contributed by atoms with E-state index in [-0.39, 0.29) is 5.91 Å². The molecule has 1 N–H and O–H groups in total. The molecule has 1 aromatic carbocycles. The zero-order valence-electron chi connectivity index (χ0n) is 13.4. The van der Waals surface area contributed by atoms with Crippen molar-refractivity contribution in [2.45, 2.75) is 35.9 Å². The van der Waals surface area contributed by atoms with Gasteiger partial charge in [-0.3, -0.25) is 4.79 Å². The number of hydrogen-bond acceptors (Lipinski definition) is 4. The van der Waals surface area contributed by atoms with Gasteiger partial charge >= 0.3 is 0 Å². The molecule has 1 amide bonds. The van der Waals surface area contributed by atoms with Gasteiger partial charge < -0.3 is 14.6 Å². The molecule has 122 valence electrons. The van der Waals surface area contributed by atoms with Gasteiger partial charge in [-0.05, 0) is 49.6 Å². The number of carbonyl (C=O) groups is 1. The number of benzene rings is 1. The number of aryl methyl sites for hydroxylation is 1. The summed E-state index contributed by atoms with van der Waals surface area (Å²) < 4.78 is 7.58. The van der Waals surface area contributed by atoms with E-state index in [2.05, 4.69) is 10.3 Å². The highest BCUT2D eigenvalue weighted by molar-refractivity contribution is 7.99. The van der Waals surface area contributed by atoms with Crippen LogP contribution in [0.15, 0.2) is 46.7 Å². The van der Waals surface area contributed by atoms with Crippen LogP contribution in [-0.4, -0.2) is 28.2 Å². The maximum absolute atomic E-state index is 12.3. The first-order valence-electron chi connectivity index (χ1n) is 7.80. The molecule has 1 saturated carbocycles.